The first kappa shape index (κ1) is 13.5. The number of piperidine rings is 1. The maximum absolute atomic E-state index is 6.06. The van der Waals surface area contributed by atoms with E-state index in [9.17, 15) is 0 Å². The van der Waals surface area contributed by atoms with Crippen LogP contribution in [0.3, 0.4) is 0 Å². The molecule has 1 atom stereocenters. The highest BCUT2D eigenvalue weighted by atomic mass is 35.5. The summed E-state index contributed by atoms with van der Waals surface area (Å²) < 4.78 is 5.73. The number of likely N-dealkylation sites (tertiary alicyclic amines) is 1. The number of hydrogen-bond donors (Lipinski definition) is 1. The lowest BCUT2D eigenvalue weighted by Gasteiger charge is -2.32. The van der Waals surface area contributed by atoms with Gasteiger partial charge < -0.3 is 15.4 Å². The van der Waals surface area contributed by atoms with Gasteiger partial charge in [-0.2, -0.15) is 0 Å². The summed E-state index contributed by atoms with van der Waals surface area (Å²) in [6.45, 7) is 1.91. The fourth-order valence-electron chi connectivity index (χ4n) is 2.45. The predicted molar refractivity (Wildman–Crippen MR) is 76.2 cm³/mol. The van der Waals surface area contributed by atoms with E-state index in [-0.39, 0.29) is 0 Å². The van der Waals surface area contributed by atoms with Crippen LogP contribution in [-0.2, 0) is 0 Å². The van der Waals surface area contributed by atoms with Gasteiger partial charge in [-0.1, -0.05) is 18.0 Å². The van der Waals surface area contributed by atoms with Gasteiger partial charge in [-0.25, -0.2) is 0 Å². The molecule has 2 N–H and O–H groups in total. The largest absolute Gasteiger partial charge is 0.492 e. The fourth-order valence-corrected chi connectivity index (χ4v) is 2.69. The van der Waals surface area contributed by atoms with Gasteiger partial charge in [0.1, 0.15) is 5.75 Å². The van der Waals surface area contributed by atoms with Gasteiger partial charge in [0.15, 0.2) is 0 Å². The van der Waals surface area contributed by atoms with Crippen molar-refractivity contribution in [1.29, 1.82) is 0 Å². The molecule has 0 spiro atoms. The number of anilines is 1. The number of nitrogen functional groups attached to an aromatic ring is 1. The Morgan fingerprint density at radius 2 is 2.28 bits per heavy atom. The quantitative estimate of drug-likeness (QED) is 0.853. The van der Waals surface area contributed by atoms with E-state index in [1.54, 1.807) is 6.07 Å². The van der Waals surface area contributed by atoms with Gasteiger partial charge >= 0.3 is 0 Å². The minimum Gasteiger partial charge on any atom is -0.492 e. The van der Waals surface area contributed by atoms with Gasteiger partial charge in [-0.15, -0.1) is 0 Å². The highest BCUT2D eigenvalue weighted by molar-refractivity contribution is 6.32. The van der Waals surface area contributed by atoms with Gasteiger partial charge in [-0.05, 0) is 51.1 Å². The number of rotatable bonds is 4. The summed E-state index contributed by atoms with van der Waals surface area (Å²) >= 11 is 6.06. The molecule has 1 aromatic carbocycles. The zero-order valence-electron chi connectivity index (χ0n) is 10.9. The Morgan fingerprint density at radius 3 is 3.00 bits per heavy atom. The molecule has 0 amide bonds. The van der Waals surface area contributed by atoms with Crippen LogP contribution in [0, 0.1) is 0 Å². The molecule has 1 aliphatic heterocycles. The molecule has 1 aliphatic rings. The highest BCUT2D eigenvalue weighted by Gasteiger charge is 2.18. The first-order valence-electron chi connectivity index (χ1n) is 6.55. The van der Waals surface area contributed by atoms with Gasteiger partial charge in [0, 0.05) is 11.7 Å². The fraction of sp³-hybridized carbons (Fsp3) is 0.571. The molecular weight excluding hydrogens is 248 g/mol. The first-order chi connectivity index (χ1) is 8.66. The Morgan fingerprint density at radius 1 is 1.44 bits per heavy atom. The van der Waals surface area contributed by atoms with E-state index in [1.165, 1.54) is 25.8 Å². The average Bonchev–Trinajstić information content (AvgIpc) is 2.34. The number of hydrogen-bond acceptors (Lipinski definition) is 3. The Kier molecular flexibility index (Phi) is 4.72. The zero-order chi connectivity index (χ0) is 13.0. The molecular formula is C14H21ClN2O. The lowest BCUT2D eigenvalue weighted by Crippen LogP contribution is -2.37. The van der Waals surface area contributed by atoms with Crippen LogP contribution in [-0.4, -0.2) is 31.1 Å². The second-order valence-electron chi connectivity index (χ2n) is 4.96. The molecule has 0 saturated carbocycles. The third kappa shape index (κ3) is 3.53. The molecule has 100 valence electrons. The summed E-state index contributed by atoms with van der Waals surface area (Å²) in [4.78, 5) is 2.43. The molecule has 3 nitrogen and oxygen atoms in total. The molecule has 4 heteroatoms. The summed E-state index contributed by atoms with van der Waals surface area (Å²) in [6.07, 6.45) is 4.97. The summed E-state index contributed by atoms with van der Waals surface area (Å²) in [6, 6.07) is 6.02. The second kappa shape index (κ2) is 6.30. The van der Waals surface area contributed by atoms with E-state index in [0.717, 1.165) is 12.2 Å². The van der Waals surface area contributed by atoms with Crippen LogP contribution >= 0.6 is 11.6 Å². The predicted octanol–water partition coefficient (Wildman–Crippen LogP) is 3.18. The summed E-state index contributed by atoms with van der Waals surface area (Å²) in [5.74, 6) is 0.726. The minimum absolute atomic E-state index is 0.590. The van der Waals surface area contributed by atoms with Crippen molar-refractivity contribution in [2.75, 3.05) is 25.9 Å². The number of nitrogens with two attached hydrogens (primary N) is 1. The van der Waals surface area contributed by atoms with Crippen LogP contribution in [0.4, 0.5) is 5.69 Å². The number of ether oxygens (including phenoxy) is 1. The van der Waals surface area contributed by atoms with Crippen LogP contribution in [0.15, 0.2) is 18.2 Å². The van der Waals surface area contributed by atoms with Crippen LogP contribution in [0.1, 0.15) is 25.7 Å². The Labute approximate surface area is 114 Å². The van der Waals surface area contributed by atoms with Crippen molar-refractivity contribution in [3.63, 3.8) is 0 Å². The molecule has 18 heavy (non-hydrogen) atoms. The summed E-state index contributed by atoms with van der Waals surface area (Å²) in [5.41, 5.74) is 6.31. The van der Waals surface area contributed by atoms with Crippen LogP contribution < -0.4 is 10.5 Å². The van der Waals surface area contributed by atoms with Gasteiger partial charge in [0.2, 0.25) is 0 Å². The van der Waals surface area contributed by atoms with Gasteiger partial charge in [0.25, 0.3) is 0 Å². The molecule has 0 aromatic heterocycles. The van der Waals surface area contributed by atoms with Crippen LogP contribution in [0.5, 0.6) is 5.75 Å². The van der Waals surface area contributed by atoms with E-state index in [4.69, 9.17) is 22.1 Å². The third-order valence-electron chi connectivity index (χ3n) is 3.59. The van der Waals surface area contributed by atoms with Crippen molar-refractivity contribution >= 4 is 17.3 Å². The average molecular weight is 269 g/mol. The van der Waals surface area contributed by atoms with Crippen molar-refractivity contribution in [3.8, 4) is 5.75 Å². The van der Waals surface area contributed by atoms with Gasteiger partial charge in [-0.3, -0.25) is 0 Å². The van der Waals surface area contributed by atoms with Crippen molar-refractivity contribution in [3.05, 3.63) is 23.2 Å². The smallest absolute Gasteiger partial charge is 0.138 e. The standard InChI is InChI=1S/C14H21ClN2O/c1-17-8-3-2-4-12(17)7-9-18-14-6-5-11(16)10-13(14)15/h5-6,10,12H,2-4,7-9,16H2,1H3. The van der Waals surface area contributed by atoms with Crippen molar-refractivity contribution in [2.45, 2.75) is 31.7 Å². The molecule has 0 bridgehead atoms. The number of benzene rings is 1. The molecule has 2 rings (SSSR count). The number of nitrogens with zero attached hydrogens (tertiary/aromatic N) is 1. The second-order valence-corrected chi connectivity index (χ2v) is 5.36. The molecule has 1 heterocycles. The molecule has 1 unspecified atom stereocenters. The molecule has 1 saturated heterocycles. The molecule has 1 aromatic rings. The Balaban J connectivity index is 1.81. The maximum Gasteiger partial charge on any atom is 0.138 e. The Bertz CT molecular complexity index is 397. The van der Waals surface area contributed by atoms with Crippen molar-refractivity contribution in [2.24, 2.45) is 0 Å². The number of halogens is 1. The minimum atomic E-state index is 0.590. The van der Waals surface area contributed by atoms with E-state index in [0.29, 0.717) is 23.4 Å². The van der Waals surface area contributed by atoms with Crippen molar-refractivity contribution in [1.82, 2.24) is 4.90 Å². The van der Waals surface area contributed by atoms with E-state index in [2.05, 4.69) is 11.9 Å². The topological polar surface area (TPSA) is 38.5 Å². The normalized spacial score (nSPS) is 20.9. The van der Waals surface area contributed by atoms with E-state index < -0.39 is 0 Å². The van der Waals surface area contributed by atoms with Gasteiger partial charge in [0.05, 0.1) is 11.6 Å². The first-order valence-corrected chi connectivity index (χ1v) is 6.92. The van der Waals surface area contributed by atoms with Crippen LogP contribution in [0.25, 0.3) is 0 Å². The highest BCUT2D eigenvalue weighted by Crippen LogP contribution is 2.27. The lowest BCUT2D eigenvalue weighted by atomic mass is 10.0. The zero-order valence-corrected chi connectivity index (χ0v) is 11.6. The van der Waals surface area contributed by atoms with E-state index >= 15 is 0 Å². The Hall–Kier alpha value is -0.930. The van der Waals surface area contributed by atoms with E-state index in [1.807, 2.05) is 12.1 Å². The summed E-state index contributed by atoms with van der Waals surface area (Å²) in [5, 5.41) is 0.590. The summed E-state index contributed by atoms with van der Waals surface area (Å²) in [7, 11) is 2.19. The SMILES string of the molecule is CN1CCCCC1CCOc1ccc(N)cc1Cl. The molecule has 1 fully saturated rings. The van der Waals surface area contributed by atoms with Crippen molar-refractivity contribution < 1.29 is 4.74 Å². The molecule has 0 radical (unpaired) electrons. The monoisotopic (exact) mass is 268 g/mol. The maximum atomic E-state index is 6.06. The molecule has 0 aliphatic carbocycles. The third-order valence-corrected chi connectivity index (χ3v) is 3.88. The lowest BCUT2D eigenvalue weighted by molar-refractivity contribution is 0.153. The van der Waals surface area contributed by atoms with Crippen LogP contribution in [0.2, 0.25) is 5.02 Å².